The molecule has 3 N–H and O–H groups in total. The molecule has 1 aromatic carbocycles. The van der Waals surface area contributed by atoms with Gasteiger partial charge in [0.05, 0.1) is 11.1 Å². The Kier molecular flexibility index (Phi) is 6.12. The van der Waals surface area contributed by atoms with Crippen molar-refractivity contribution in [3.05, 3.63) is 61.2 Å². The van der Waals surface area contributed by atoms with Gasteiger partial charge in [0.15, 0.2) is 4.77 Å². The third-order valence-corrected chi connectivity index (χ3v) is 5.29. The molecule has 29 heavy (non-hydrogen) atoms. The van der Waals surface area contributed by atoms with Gasteiger partial charge in [0.25, 0.3) is 5.56 Å². The van der Waals surface area contributed by atoms with Crippen LogP contribution in [0.1, 0.15) is 45.2 Å². The van der Waals surface area contributed by atoms with E-state index in [1.54, 1.807) is 10.6 Å². The fourth-order valence-electron chi connectivity index (χ4n) is 3.32. The van der Waals surface area contributed by atoms with E-state index in [4.69, 9.17) is 12.2 Å². The Hall–Kier alpha value is -3.00. The van der Waals surface area contributed by atoms with E-state index >= 15 is 0 Å². The number of benzene rings is 1. The van der Waals surface area contributed by atoms with Crippen LogP contribution < -0.4 is 21.5 Å². The number of carbonyl (C=O) groups excluding carboxylic acids is 1. The molecule has 1 aliphatic heterocycles. The van der Waals surface area contributed by atoms with Gasteiger partial charge in [-0.2, -0.15) is 0 Å². The smallest absolute Gasteiger partial charge is 0.262 e. The summed E-state index contributed by atoms with van der Waals surface area (Å²) in [5.41, 5.74) is 1.14. The minimum Gasteiger partial charge on any atom is -0.494 e. The lowest BCUT2D eigenvalue weighted by Gasteiger charge is -2.17. The van der Waals surface area contributed by atoms with Crippen molar-refractivity contribution < 1.29 is 9.90 Å². The molecular formula is C21H24N4O3S. The molecule has 1 aliphatic rings. The van der Waals surface area contributed by atoms with Crippen LogP contribution in [0.15, 0.2) is 39.7 Å². The van der Waals surface area contributed by atoms with Crippen molar-refractivity contribution in [3.63, 3.8) is 0 Å². The number of aromatic amines is 1. The summed E-state index contributed by atoms with van der Waals surface area (Å²) in [6, 6.07) is 7.59. The van der Waals surface area contributed by atoms with E-state index in [2.05, 4.69) is 15.3 Å². The highest BCUT2D eigenvalue weighted by molar-refractivity contribution is 7.71. The van der Waals surface area contributed by atoms with Crippen molar-refractivity contribution in [1.82, 2.24) is 14.9 Å². The Morgan fingerprint density at radius 2 is 2.14 bits per heavy atom. The fourth-order valence-corrected chi connectivity index (χ4v) is 3.68. The molecule has 0 bridgehead atoms. The Bertz CT molecular complexity index is 1220. The number of aromatic nitrogens is 2. The van der Waals surface area contributed by atoms with Gasteiger partial charge in [0.1, 0.15) is 5.56 Å². The predicted molar refractivity (Wildman–Crippen MR) is 114 cm³/mol. The van der Waals surface area contributed by atoms with Gasteiger partial charge in [-0.15, -0.1) is 0 Å². The minimum absolute atomic E-state index is 0.0718. The molecule has 1 atom stereocenters. The molecule has 1 aromatic heterocycles. The Morgan fingerprint density at radius 3 is 2.83 bits per heavy atom. The number of carbonyl (C=O) groups is 1. The summed E-state index contributed by atoms with van der Waals surface area (Å²) in [4.78, 5) is 31.1. The molecule has 2 aromatic rings. The second-order valence-electron chi connectivity index (χ2n) is 6.99. The van der Waals surface area contributed by atoms with E-state index in [1.807, 2.05) is 38.1 Å². The number of hydrogen-bond acceptors (Lipinski definition) is 5. The van der Waals surface area contributed by atoms with Crippen LogP contribution in [-0.4, -0.2) is 27.1 Å². The number of rotatable bonds is 6. The molecule has 0 aliphatic carbocycles. The summed E-state index contributed by atoms with van der Waals surface area (Å²) in [7, 11) is 0. The second kappa shape index (κ2) is 8.57. The lowest BCUT2D eigenvalue weighted by Crippen LogP contribution is -2.25. The molecule has 0 saturated heterocycles. The highest BCUT2D eigenvalue weighted by Crippen LogP contribution is 2.26. The summed E-state index contributed by atoms with van der Waals surface area (Å²) in [5, 5.41) is 15.3. The van der Waals surface area contributed by atoms with Crippen LogP contribution in [0.5, 0.6) is 5.88 Å². The van der Waals surface area contributed by atoms with E-state index in [0.717, 1.165) is 22.6 Å². The van der Waals surface area contributed by atoms with Gasteiger partial charge >= 0.3 is 0 Å². The first kappa shape index (κ1) is 20.7. The monoisotopic (exact) mass is 412 g/mol. The van der Waals surface area contributed by atoms with Crippen molar-refractivity contribution in [1.29, 1.82) is 0 Å². The first-order valence-electron chi connectivity index (χ1n) is 9.54. The van der Waals surface area contributed by atoms with Gasteiger partial charge in [-0.3, -0.25) is 19.1 Å². The van der Waals surface area contributed by atoms with E-state index in [0.29, 0.717) is 18.7 Å². The number of H-pyrrole nitrogens is 1. The number of fused-ring (bicyclic) bond motifs is 1. The minimum atomic E-state index is -0.466. The van der Waals surface area contributed by atoms with Crippen LogP contribution in [0, 0.1) is 4.77 Å². The molecule has 0 radical (unpaired) electrons. The number of nitrogens with zero attached hydrogens (tertiary/aromatic N) is 2. The number of amides is 1. The number of hydrogen-bond donors (Lipinski definition) is 3. The Labute approximate surface area is 173 Å². The second-order valence-corrected chi connectivity index (χ2v) is 7.38. The zero-order valence-corrected chi connectivity index (χ0v) is 17.5. The zero-order valence-electron chi connectivity index (χ0n) is 16.7. The number of nitrogens with one attached hydrogen (secondary N) is 2. The van der Waals surface area contributed by atoms with Crippen LogP contribution in [0.2, 0.25) is 0 Å². The first-order chi connectivity index (χ1) is 13.8. The largest absolute Gasteiger partial charge is 0.494 e. The molecule has 0 unspecified atom stereocenters. The maximum absolute atomic E-state index is 12.5. The fraction of sp³-hybridized carbons (Fsp3) is 0.333. The maximum atomic E-state index is 12.5. The maximum Gasteiger partial charge on any atom is 0.262 e. The molecule has 8 heteroatoms. The first-order valence-corrected chi connectivity index (χ1v) is 9.95. The Balaban J connectivity index is 2.15. The van der Waals surface area contributed by atoms with Gasteiger partial charge < -0.3 is 10.4 Å². The highest BCUT2D eigenvalue weighted by Gasteiger charge is 2.18. The molecule has 2 heterocycles. The van der Waals surface area contributed by atoms with Gasteiger partial charge in [0, 0.05) is 24.7 Å². The average Bonchev–Trinajstić information content (AvgIpc) is 3.02. The van der Waals surface area contributed by atoms with Crippen molar-refractivity contribution >= 4 is 29.8 Å². The van der Waals surface area contributed by atoms with Crippen molar-refractivity contribution in [3.8, 4) is 5.88 Å². The molecule has 3 rings (SSSR count). The van der Waals surface area contributed by atoms with Crippen LogP contribution in [0.25, 0.3) is 11.6 Å². The molecule has 0 saturated carbocycles. The average molecular weight is 413 g/mol. The van der Waals surface area contributed by atoms with E-state index in [1.165, 1.54) is 6.92 Å². The summed E-state index contributed by atoms with van der Waals surface area (Å²) < 4.78 is 1.73. The molecule has 0 fully saturated rings. The summed E-state index contributed by atoms with van der Waals surface area (Å²) >= 11 is 5.23. The number of allylic oxidation sites excluding steroid dienone is 1. The number of aromatic hydroxyl groups is 1. The van der Waals surface area contributed by atoms with Crippen molar-refractivity contribution in [2.45, 2.75) is 39.7 Å². The van der Waals surface area contributed by atoms with Gasteiger partial charge in [0.2, 0.25) is 11.8 Å². The topological polar surface area (TPSA) is 99.5 Å². The molecule has 152 valence electrons. The number of para-hydroxylation sites is 1. The van der Waals surface area contributed by atoms with Gasteiger partial charge in [-0.25, -0.2) is 4.99 Å². The standard InChI is InChI=1S/C21H24N4O3S/c1-4-12(2)25-20(28)16(19(27)24-21(25)29)11-18-15(9-10-22-13(3)26)14-7-5-6-8-17(14)23-18/h5-8,11-12,28H,4,9-10H2,1-3H3,(H,22,26)(H,24,27,29)/b18-11-/t12-/m1/s1. The lowest BCUT2D eigenvalue weighted by atomic mass is 10.1. The van der Waals surface area contributed by atoms with Crippen LogP contribution in [0.4, 0.5) is 0 Å². The third kappa shape index (κ3) is 4.22. The lowest BCUT2D eigenvalue weighted by molar-refractivity contribution is -0.118. The van der Waals surface area contributed by atoms with Crippen LogP contribution in [-0.2, 0) is 4.79 Å². The predicted octanol–water partition coefficient (Wildman–Crippen LogP) is 1.93. The molecular weight excluding hydrogens is 388 g/mol. The summed E-state index contributed by atoms with van der Waals surface area (Å²) in [6.07, 6.45) is 2.88. The van der Waals surface area contributed by atoms with Gasteiger partial charge in [-0.05, 0) is 49.7 Å². The molecule has 1 amide bonds. The van der Waals surface area contributed by atoms with Gasteiger partial charge in [-0.1, -0.05) is 25.1 Å². The SMILES string of the molecule is CC[C@@H](C)n1c(O)c(/C=C2\N=c3ccccc3=C2CCNC(C)=O)c(=O)[nH]c1=S. The Morgan fingerprint density at radius 1 is 1.41 bits per heavy atom. The van der Waals surface area contributed by atoms with E-state index in [-0.39, 0.29) is 28.2 Å². The van der Waals surface area contributed by atoms with E-state index in [9.17, 15) is 14.7 Å². The third-order valence-electron chi connectivity index (χ3n) is 4.99. The zero-order chi connectivity index (χ0) is 21.1. The van der Waals surface area contributed by atoms with Crippen molar-refractivity contribution in [2.75, 3.05) is 6.54 Å². The quantitative estimate of drug-likeness (QED) is 0.632. The molecule has 7 nitrogen and oxygen atoms in total. The normalized spacial score (nSPS) is 15.1. The van der Waals surface area contributed by atoms with Crippen LogP contribution >= 0.6 is 12.2 Å². The molecule has 0 spiro atoms. The highest BCUT2D eigenvalue weighted by atomic mass is 32.1. The van der Waals surface area contributed by atoms with Crippen LogP contribution in [0.3, 0.4) is 0 Å². The van der Waals surface area contributed by atoms with E-state index < -0.39 is 5.56 Å². The van der Waals surface area contributed by atoms with Crippen molar-refractivity contribution in [2.24, 2.45) is 4.99 Å². The summed E-state index contributed by atoms with van der Waals surface area (Å²) in [6.45, 7) is 5.82. The summed E-state index contributed by atoms with van der Waals surface area (Å²) in [5.74, 6) is -0.281.